The van der Waals surface area contributed by atoms with Gasteiger partial charge < -0.3 is 15.0 Å². The number of guanidine groups is 1. The van der Waals surface area contributed by atoms with Gasteiger partial charge in [0.25, 0.3) is 0 Å². The number of rotatable bonds is 6. The van der Waals surface area contributed by atoms with Crippen LogP contribution in [-0.2, 0) is 13.0 Å². The minimum absolute atomic E-state index is 0.470. The summed E-state index contributed by atoms with van der Waals surface area (Å²) in [7, 11) is 1.84. The number of nitrogens with one attached hydrogen (secondary N) is 2. The number of hydrogen-bond donors (Lipinski definition) is 2. The normalized spacial score (nSPS) is 16.0. The lowest BCUT2D eigenvalue weighted by Crippen LogP contribution is -2.48. The minimum atomic E-state index is 0.470. The van der Waals surface area contributed by atoms with Crippen molar-refractivity contribution < 1.29 is 0 Å². The number of likely N-dealkylation sites (tertiary alicyclic amines) is 1. The summed E-state index contributed by atoms with van der Waals surface area (Å²) in [5.41, 5.74) is 6.08. The number of pyridine rings is 1. The smallest absolute Gasteiger partial charge is 0.191 e. The van der Waals surface area contributed by atoms with Gasteiger partial charge >= 0.3 is 0 Å². The van der Waals surface area contributed by atoms with Gasteiger partial charge in [-0.2, -0.15) is 0 Å². The third-order valence-corrected chi connectivity index (χ3v) is 6.04. The molecule has 31 heavy (non-hydrogen) atoms. The fourth-order valence-corrected chi connectivity index (χ4v) is 4.33. The lowest BCUT2D eigenvalue weighted by atomic mass is 10.0. The van der Waals surface area contributed by atoms with Crippen molar-refractivity contribution in [3.63, 3.8) is 0 Å². The molecule has 0 saturated carbocycles. The van der Waals surface area contributed by atoms with Crippen LogP contribution in [0.25, 0.3) is 5.65 Å². The number of aryl methyl sites for hydroxylation is 2. The van der Waals surface area contributed by atoms with Crippen molar-refractivity contribution >= 4 is 11.6 Å². The van der Waals surface area contributed by atoms with E-state index in [1.165, 1.54) is 16.7 Å². The molecule has 1 aromatic carbocycles. The summed E-state index contributed by atoms with van der Waals surface area (Å²) in [6.07, 6.45) is 7.31. The van der Waals surface area contributed by atoms with Gasteiger partial charge in [0.05, 0.1) is 5.69 Å². The number of benzene rings is 1. The highest BCUT2D eigenvalue weighted by molar-refractivity contribution is 5.79. The second-order valence-electron chi connectivity index (χ2n) is 8.59. The quantitative estimate of drug-likeness (QED) is 0.476. The zero-order valence-corrected chi connectivity index (χ0v) is 18.9. The van der Waals surface area contributed by atoms with Crippen LogP contribution in [0.15, 0.2) is 53.8 Å². The van der Waals surface area contributed by atoms with Gasteiger partial charge in [0.2, 0.25) is 0 Å². The molecule has 0 unspecified atom stereocenters. The Bertz CT molecular complexity index is 1030. The monoisotopic (exact) mass is 418 g/mol. The van der Waals surface area contributed by atoms with Gasteiger partial charge in [-0.15, -0.1) is 0 Å². The Morgan fingerprint density at radius 2 is 2.00 bits per heavy atom. The second kappa shape index (κ2) is 9.96. The van der Waals surface area contributed by atoms with Crippen LogP contribution in [0.5, 0.6) is 0 Å². The number of aromatic nitrogens is 2. The average molecular weight is 419 g/mol. The van der Waals surface area contributed by atoms with E-state index >= 15 is 0 Å². The lowest BCUT2D eigenvalue weighted by Gasteiger charge is -2.33. The van der Waals surface area contributed by atoms with E-state index in [4.69, 9.17) is 4.98 Å². The first-order chi connectivity index (χ1) is 15.1. The maximum Gasteiger partial charge on any atom is 0.191 e. The maximum absolute atomic E-state index is 4.76. The first-order valence-corrected chi connectivity index (χ1v) is 11.3. The number of hydrogen-bond acceptors (Lipinski definition) is 3. The van der Waals surface area contributed by atoms with Gasteiger partial charge in [0.15, 0.2) is 5.96 Å². The van der Waals surface area contributed by atoms with E-state index in [2.05, 4.69) is 87.6 Å². The average Bonchev–Trinajstić information content (AvgIpc) is 3.19. The zero-order chi connectivity index (χ0) is 21.6. The number of imidazole rings is 1. The number of fused-ring (bicyclic) bond motifs is 1. The Kier molecular flexibility index (Phi) is 6.87. The molecule has 1 aliphatic rings. The third kappa shape index (κ3) is 5.64. The summed E-state index contributed by atoms with van der Waals surface area (Å²) >= 11 is 0. The van der Waals surface area contributed by atoms with E-state index in [1.807, 2.05) is 7.05 Å². The first kappa shape index (κ1) is 21.4. The van der Waals surface area contributed by atoms with Gasteiger partial charge in [0.1, 0.15) is 5.65 Å². The highest BCUT2D eigenvalue weighted by Gasteiger charge is 2.20. The van der Waals surface area contributed by atoms with Crippen molar-refractivity contribution in [3.8, 4) is 0 Å². The molecule has 4 rings (SSSR count). The number of nitrogens with zero attached hydrogens (tertiary/aromatic N) is 4. The van der Waals surface area contributed by atoms with Crippen molar-refractivity contribution in [2.45, 2.75) is 45.7 Å². The molecule has 164 valence electrons. The van der Waals surface area contributed by atoms with Crippen LogP contribution < -0.4 is 10.6 Å². The predicted molar refractivity (Wildman–Crippen MR) is 128 cm³/mol. The highest BCUT2D eigenvalue weighted by Crippen LogP contribution is 2.15. The van der Waals surface area contributed by atoms with Crippen LogP contribution in [0.3, 0.4) is 0 Å². The van der Waals surface area contributed by atoms with Crippen molar-refractivity contribution in [1.29, 1.82) is 0 Å². The Morgan fingerprint density at radius 3 is 2.74 bits per heavy atom. The Morgan fingerprint density at radius 1 is 1.16 bits per heavy atom. The molecule has 6 heteroatoms. The fraction of sp³-hybridized carbons (Fsp3) is 0.440. The Hall–Kier alpha value is -2.86. The highest BCUT2D eigenvalue weighted by atomic mass is 15.2. The van der Waals surface area contributed by atoms with E-state index in [1.54, 1.807) is 0 Å². The molecule has 0 spiro atoms. The van der Waals surface area contributed by atoms with Gasteiger partial charge in [-0.1, -0.05) is 35.9 Å². The molecule has 0 radical (unpaired) electrons. The molecule has 0 atom stereocenters. The van der Waals surface area contributed by atoms with Crippen molar-refractivity contribution in [2.75, 3.05) is 26.7 Å². The number of aliphatic imine (C=N–C) groups is 1. The molecule has 2 aromatic heterocycles. The largest absolute Gasteiger partial charge is 0.356 e. The van der Waals surface area contributed by atoms with Gasteiger partial charge in [0, 0.05) is 58.1 Å². The molecule has 6 nitrogen and oxygen atoms in total. The molecule has 1 fully saturated rings. The summed E-state index contributed by atoms with van der Waals surface area (Å²) < 4.78 is 2.10. The SMILES string of the molecule is CN=C(NCCc1cn2cccc(C)c2n1)NC1CCN(Cc2cccc(C)c2)CC1. The Balaban J connectivity index is 1.21. The molecule has 3 aromatic rings. The van der Waals surface area contributed by atoms with E-state index in [9.17, 15) is 0 Å². The van der Waals surface area contributed by atoms with E-state index < -0.39 is 0 Å². The lowest BCUT2D eigenvalue weighted by molar-refractivity contribution is 0.198. The minimum Gasteiger partial charge on any atom is -0.356 e. The standard InChI is InChI=1S/C25H34N6/c1-19-6-4-8-21(16-19)17-30-14-10-22(11-15-30)29-25(26-3)27-12-9-23-18-31-13-5-7-20(2)24(31)28-23/h4-8,13,16,18,22H,9-12,14-15,17H2,1-3H3,(H2,26,27,29). The van der Waals surface area contributed by atoms with Gasteiger partial charge in [-0.25, -0.2) is 4.98 Å². The van der Waals surface area contributed by atoms with Crippen molar-refractivity contribution in [2.24, 2.45) is 4.99 Å². The molecule has 0 amide bonds. The molecular formula is C25H34N6. The van der Waals surface area contributed by atoms with E-state index in [0.29, 0.717) is 6.04 Å². The maximum atomic E-state index is 4.76. The topological polar surface area (TPSA) is 57.0 Å². The fourth-order valence-electron chi connectivity index (χ4n) is 4.33. The van der Waals surface area contributed by atoms with E-state index in [-0.39, 0.29) is 0 Å². The molecule has 0 bridgehead atoms. The Labute approximate surface area is 185 Å². The van der Waals surface area contributed by atoms with Gasteiger partial charge in [-0.3, -0.25) is 9.89 Å². The predicted octanol–water partition coefficient (Wildman–Crippen LogP) is 3.32. The second-order valence-corrected chi connectivity index (χ2v) is 8.59. The first-order valence-electron chi connectivity index (χ1n) is 11.3. The molecule has 1 aliphatic heterocycles. The number of piperidine rings is 1. The van der Waals surface area contributed by atoms with Crippen LogP contribution in [0, 0.1) is 13.8 Å². The molecular weight excluding hydrogens is 384 g/mol. The summed E-state index contributed by atoms with van der Waals surface area (Å²) in [5.74, 6) is 0.886. The summed E-state index contributed by atoms with van der Waals surface area (Å²) in [6, 6.07) is 13.5. The summed E-state index contributed by atoms with van der Waals surface area (Å²) in [5, 5.41) is 7.07. The molecule has 3 heterocycles. The zero-order valence-electron chi connectivity index (χ0n) is 18.9. The third-order valence-electron chi connectivity index (χ3n) is 6.04. The van der Waals surface area contributed by atoms with Crippen LogP contribution in [-0.4, -0.2) is 53.0 Å². The van der Waals surface area contributed by atoms with Crippen LogP contribution in [0.1, 0.15) is 35.2 Å². The van der Waals surface area contributed by atoms with Crippen LogP contribution in [0.4, 0.5) is 0 Å². The van der Waals surface area contributed by atoms with E-state index in [0.717, 1.165) is 62.7 Å². The van der Waals surface area contributed by atoms with Crippen molar-refractivity contribution in [1.82, 2.24) is 24.9 Å². The summed E-state index contributed by atoms with van der Waals surface area (Å²) in [6.45, 7) is 8.34. The van der Waals surface area contributed by atoms with Crippen LogP contribution in [0.2, 0.25) is 0 Å². The van der Waals surface area contributed by atoms with Gasteiger partial charge in [-0.05, 0) is 43.9 Å². The molecule has 2 N–H and O–H groups in total. The van der Waals surface area contributed by atoms with Crippen molar-refractivity contribution in [3.05, 3.63) is 71.2 Å². The van der Waals surface area contributed by atoms with Crippen LogP contribution >= 0.6 is 0 Å². The summed E-state index contributed by atoms with van der Waals surface area (Å²) in [4.78, 5) is 11.7. The molecule has 1 saturated heterocycles. The molecule has 0 aliphatic carbocycles.